The number of nitrogens with two attached hydrogens (primary N) is 1. The zero-order chi connectivity index (χ0) is 17.5. The van der Waals surface area contributed by atoms with Crippen LogP contribution in [0.3, 0.4) is 0 Å². The molecule has 0 aromatic heterocycles. The van der Waals surface area contributed by atoms with E-state index in [1.165, 1.54) is 0 Å². The van der Waals surface area contributed by atoms with Gasteiger partial charge in [0.05, 0.1) is 0 Å². The SMILES string of the molecule is Cc1ccc(O[C@@H](C)C(=O)Nc2ccc(OCC(N)=O)cc2)cc1. The van der Waals surface area contributed by atoms with Crippen molar-refractivity contribution in [3.8, 4) is 11.5 Å². The van der Waals surface area contributed by atoms with E-state index in [2.05, 4.69) is 5.32 Å². The summed E-state index contributed by atoms with van der Waals surface area (Å²) in [6.07, 6.45) is -0.640. The first-order valence-corrected chi connectivity index (χ1v) is 7.49. The van der Waals surface area contributed by atoms with Crippen molar-refractivity contribution in [2.45, 2.75) is 20.0 Å². The minimum Gasteiger partial charge on any atom is -0.484 e. The van der Waals surface area contributed by atoms with Crippen molar-refractivity contribution in [1.82, 2.24) is 0 Å². The summed E-state index contributed by atoms with van der Waals surface area (Å²) in [6.45, 7) is 3.48. The average Bonchev–Trinajstić information content (AvgIpc) is 2.56. The average molecular weight is 328 g/mol. The Bertz CT molecular complexity index is 696. The molecule has 24 heavy (non-hydrogen) atoms. The molecule has 126 valence electrons. The maximum atomic E-state index is 12.2. The van der Waals surface area contributed by atoms with Gasteiger partial charge in [-0.05, 0) is 50.2 Å². The van der Waals surface area contributed by atoms with E-state index in [0.717, 1.165) is 5.56 Å². The topological polar surface area (TPSA) is 90.7 Å². The molecule has 0 bridgehead atoms. The third-order valence-electron chi connectivity index (χ3n) is 3.21. The number of aryl methyl sites for hydroxylation is 1. The van der Waals surface area contributed by atoms with Crippen LogP contribution in [0.15, 0.2) is 48.5 Å². The van der Waals surface area contributed by atoms with Gasteiger partial charge in [-0.25, -0.2) is 0 Å². The van der Waals surface area contributed by atoms with Gasteiger partial charge in [0.2, 0.25) is 0 Å². The summed E-state index contributed by atoms with van der Waals surface area (Å²) in [5.74, 6) is 0.324. The van der Waals surface area contributed by atoms with Gasteiger partial charge in [0.1, 0.15) is 11.5 Å². The van der Waals surface area contributed by atoms with Crippen LogP contribution in [0.25, 0.3) is 0 Å². The lowest BCUT2D eigenvalue weighted by molar-refractivity contribution is -0.122. The second-order valence-electron chi connectivity index (χ2n) is 5.34. The fourth-order valence-corrected chi connectivity index (χ4v) is 1.91. The molecular formula is C18H20N2O4. The number of hydrogen-bond donors (Lipinski definition) is 2. The Hall–Kier alpha value is -3.02. The van der Waals surface area contributed by atoms with Crippen molar-refractivity contribution in [3.63, 3.8) is 0 Å². The molecule has 2 aromatic rings. The number of ether oxygens (including phenoxy) is 2. The first kappa shape index (κ1) is 17.3. The molecule has 6 heteroatoms. The summed E-state index contributed by atoms with van der Waals surface area (Å²) in [5.41, 5.74) is 6.73. The maximum absolute atomic E-state index is 12.2. The Kier molecular flexibility index (Phi) is 5.78. The van der Waals surface area contributed by atoms with Gasteiger partial charge in [-0.3, -0.25) is 9.59 Å². The quantitative estimate of drug-likeness (QED) is 0.816. The minimum absolute atomic E-state index is 0.187. The van der Waals surface area contributed by atoms with E-state index in [0.29, 0.717) is 17.2 Å². The van der Waals surface area contributed by atoms with E-state index in [4.69, 9.17) is 15.2 Å². The van der Waals surface area contributed by atoms with Gasteiger partial charge in [0.15, 0.2) is 12.7 Å². The van der Waals surface area contributed by atoms with Crippen LogP contribution in [0.2, 0.25) is 0 Å². The number of hydrogen-bond acceptors (Lipinski definition) is 4. The Balaban J connectivity index is 1.88. The van der Waals surface area contributed by atoms with Gasteiger partial charge < -0.3 is 20.5 Å². The Morgan fingerprint density at radius 1 is 1.04 bits per heavy atom. The van der Waals surface area contributed by atoms with Crippen LogP contribution in [-0.2, 0) is 9.59 Å². The highest BCUT2D eigenvalue weighted by molar-refractivity contribution is 5.94. The molecule has 0 unspecified atom stereocenters. The summed E-state index contributed by atoms with van der Waals surface area (Å²) in [5, 5.41) is 2.75. The first-order chi connectivity index (χ1) is 11.4. The number of rotatable bonds is 7. The molecule has 0 aliphatic carbocycles. The molecule has 0 saturated heterocycles. The van der Waals surface area contributed by atoms with Crippen molar-refractivity contribution in [3.05, 3.63) is 54.1 Å². The van der Waals surface area contributed by atoms with Crippen molar-refractivity contribution in [2.75, 3.05) is 11.9 Å². The van der Waals surface area contributed by atoms with E-state index in [-0.39, 0.29) is 12.5 Å². The number of anilines is 1. The van der Waals surface area contributed by atoms with Crippen molar-refractivity contribution in [2.24, 2.45) is 5.73 Å². The van der Waals surface area contributed by atoms with E-state index in [9.17, 15) is 9.59 Å². The van der Waals surface area contributed by atoms with E-state index in [1.54, 1.807) is 31.2 Å². The fourth-order valence-electron chi connectivity index (χ4n) is 1.91. The lowest BCUT2D eigenvalue weighted by Gasteiger charge is -2.15. The predicted octanol–water partition coefficient (Wildman–Crippen LogP) is 2.27. The van der Waals surface area contributed by atoms with E-state index < -0.39 is 12.0 Å². The summed E-state index contributed by atoms with van der Waals surface area (Å²) in [4.78, 5) is 22.8. The number of benzene rings is 2. The number of amides is 2. The highest BCUT2D eigenvalue weighted by atomic mass is 16.5. The lowest BCUT2D eigenvalue weighted by atomic mass is 10.2. The number of carbonyl (C=O) groups excluding carboxylic acids is 2. The lowest BCUT2D eigenvalue weighted by Crippen LogP contribution is -2.30. The van der Waals surface area contributed by atoms with Crippen LogP contribution in [0.1, 0.15) is 12.5 Å². The smallest absolute Gasteiger partial charge is 0.265 e. The molecule has 0 aliphatic heterocycles. The number of nitrogens with one attached hydrogen (secondary N) is 1. The molecule has 0 heterocycles. The van der Waals surface area contributed by atoms with Crippen molar-refractivity contribution >= 4 is 17.5 Å². The predicted molar refractivity (Wildman–Crippen MR) is 91.0 cm³/mol. The molecule has 2 rings (SSSR count). The van der Waals surface area contributed by atoms with Crippen molar-refractivity contribution in [1.29, 1.82) is 0 Å². The van der Waals surface area contributed by atoms with Gasteiger partial charge in [-0.1, -0.05) is 17.7 Å². The molecule has 0 saturated carbocycles. The van der Waals surface area contributed by atoms with Gasteiger partial charge >= 0.3 is 0 Å². The van der Waals surface area contributed by atoms with Crippen molar-refractivity contribution < 1.29 is 19.1 Å². The highest BCUT2D eigenvalue weighted by Crippen LogP contribution is 2.17. The summed E-state index contributed by atoms with van der Waals surface area (Å²) in [6, 6.07) is 14.1. The van der Waals surface area contributed by atoms with Gasteiger partial charge in [-0.2, -0.15) is 0 Å². The fraction of sp³-hybridized carbons (Fsp3) is 0.222. The second-order valence-corrected chi connectivity index (χ2v) is 5.34. The molecule has 0 aliphatic rings. The molecular weight excluding hydrogens is 308 g/mol. The molecule has 2 amide bonds. The monoisotopic (exact) mass is 328 g/mol. The van der Waals surface area contributed by atoms with Gasteiger partial charge in [-0.15, -0.1) is 0 Å². The normalized spacial score (nSPS) is 11.4. The van der Waals surface area contributed by atoms with Crippen LogP contribution < -0.4 is 20.5 Å². The van der Waals surface area contributed by atoms with Gasteiger partial charge in [0.25, 0.3) is 11.8 Å². The maximum Gasteiger partial charge on any atom is 0.265 e. The molecule has 1 atom stereocenters. The Morgan fingerprint density at radius 2 is 1.62 bits per heavy atom. The Labute approximate surface area is 140 Å². The minimum atomic E-state index is -0.640. The zero-order valence-electron chi connectivity index (χ0n) is 13.6. The zero-order valence-corrected chi connectivity index (χ0v) is 13.6. The summed E-state index contributed by atoms with van der Waals surface area (Å²) in [7, 11) is 0. The number of carbonyl (C=O) groups is 2. The van der Waals surface area contributed by atoms with Crippen LogP contribution in [-0.4, -0.2) is 24.5 Å². The van der Waals surface area contributed by atoms with E-state index >= 15 is 0 Å². The van der Waals surface area contributed by atoms with E-state index in [1.807, 2.05) is 31.2 Å². The first-order valence-electron chi connectivity index (χ1n) is 7.49. The summed E-state index contributed by atoms with van der Waals surface area (Å²) >= 11 is 0. The largest absolute Gasteiger partial charge is 0.484 e. The van der Waals surface area contributed by atoms with Crippen LogP contribution in [0, 0.1) is 6.92 Å². The molecule has 2 aromatic carbocycles. The molecule has 0 radical (unpaired) electrons. The number of primary amides is 1. The Morgan fingerprint density at radius 3 is 2.21 bits per heavy atom. The van der Waals surface area contributed by atoms with Crippen LogP contribution in [0.4, 0.5) is 5.69 Å². The summed E-state index contributed by atoms with van der Waals surface area (Å²) < 4.78 is 10.8. The molecule has 0 fully saturated rings. The molecule has 0 spiro atoms. The third-order valence-corrected chi connectivity index (χ3v) is 3.21. The molecule has 6 nitrogen and oxygen atoms in total. The third kappa shape index (κ3) is 5.31. The van der Waals surface area contributed by atoms with Crippen LogP contribution in [0.5, 0.6) is 11.5 Å². The van der Waals surface area contributed by atoms with Gasteiger partial charge in [0, 0.05) is 5.69 Å². The van der Waals surface area contributed by atoms with Crippen LogP contribution >= 0.6 is 0 Å². The standard InChI is InChI=1S/C18H20N2O4/c1-12-3-7-16(8-4-12)24-13(2)18(22)20-14-5-9-15(10-6-14)23-11-17(19)21/h3-10,13H,11H2,1-2H3,(H2,19,21)(H,20,22)/t13-/m0/s1. The second kappa shape index (κ2) is 8.01. The highest BCUT2D eigenvalue weighted by Gasteiger charge is 2.14. The molecule has 3 N–H and O–H groups in total.